The van der Waals surface area contributed by atoms with Crippen LogP contribution < -0.4 is 0 Å². The quantitative estimate of drug-likeness (QED) is 0.798. The number of hydrogen-bond donors (Lipinski definition) is 0. The Morgan fingerprint density at radius 1 is 1.05 bits per heavy atom. The largest absolute Gasteiger partial charge is 0.297 e. The first-order valence-electron chi connectivity index (χ1n) is 7.06. The van der Waals surface area contributed by atoms with Crippen LogP contribution in [0.15, 0.2) is 29.2 Å². The molecule has 0 saturated heterocycles. The average Bonchev–Trinajstić information content (AvgIpc) is 2.33. The number of hydrogen-bond acceptors (Lipinski definition) is 3. The molecule has 4 rings (SSSR count). The van der Waals surface area contributed by atoms with E-state index >= 15 is 0 Å². The van der Waals surface area contributed by atoms with E-state index in [4.69, 9.17) is 4.18 Å². The molecule has 0 spiro atoms. The van der Waals surface area contributed by atoms with E-state index < -0.39 is 10.1 Å². The van der Waals surface area contributed by atoms with Gasteiger partial charge in [-0.15, -0.1) is 0 Å². The molecule has 4 heteroatoms. The number of aryl methyl sites for hydroxylation is 1. The lowest BCUT2D eigenvalue weighted by atomic mass is 9.38. The second-order valence-corrected chi connectivity index (χ2v) is 7.86. The van der Waals surface area contributed by atoms with E-state index in [1.165, 1.54) is 12.8 Å². The summed E-state index contributed by atoms with van der Waals surface area (Å²) in [5.74, 6) is 2.94. The van der Waals surface area contributed by atoms with Gasteiger partial charge in [-0.05, 0) is 62.0 Å². The highest BCUT2D eigenvalue weighted by Gasteiger charge is 2.65. The van der Waals surface area contributed by atoms with Crippen molar-refractivity contribution in [3.63, 3.8) is 0 Å². The van der Waals surface area contributed by atoms with Crippen LogP contribution >= 0.6 is 0 Å². The summed E-state index contributed by atoms with van der Waals surface area (Å²) in [5, 5.41) is 0. The molecule has 1 aromatic rings. The van der Waals surface area contributed by atoms with E-state index in [-0.39, 0.29) is 11.0 Å². The summed E-state index contributed by atoms with van der Waals surface area (Å²) in [6.07, 6.45) is 3.51. The Bertz CT molecular complexity index is 599. The van der Waals surface area contributed by atoms with Crippen molar-refractivity contribution in [1.29, 1.82) is 0 Å². The first-order valence-corrected chi connectivity index (χ1v) is 8.47. The van der Waals surface area contributed by atoms with Crippen LogP contribution in [0, 0.1) is 30.6 Å². The minimum absolute atomic E-state index is 0.0575. The van der Waals surface area contributed by atoms with Crippen LogP contribution in [0.2, 0.25) is 0 Å². The molecule has 0 N–H and O–H groups in total. The lowest BCUT2D eigenvalue weighted by Gasteiger charge is -2.68. The maximum absolute atomic E-state index is 12.2. The third-order valence-electron chi connectivity index (χ3n) is 5.42. The van der Waals surface area contributed by atoms with Gasteiger partial charge in [-0.1, -0.05) is 17.7 Å². The molecule has 3 saturated carbocycles. The Labute approximate surface area is 114 Å². The summed E-state index contributed by atoms with van der Waals surface area (Å²) in [6.45, 7) is 1.94. The second-order valence-electron chi connectivity index (χ2n) is 6.28. The third kappa shape index (κ3) is 1.62. The first-order chi connectivity index (χ1) is 9.06. The minimum Gasteiger partial charge on any atom is -0.263 e. The highest BCUT2D eigenvalue weighted by molar-refractivity contribution is 7.86. The standard InChI is InChI=1S/C15H18O3S/c1-9-2-4-10(5-3-9)19(16,17)18-14-8-13-11-6-7-12(11)15(13)14/h2-5,11-15H,6-8H2,1H3/t11-,12-,13+,14-,15-/m0/s1. The van der Waals surface area contributed by atoms with Gasteiger partial charge in [-0.25, -0.2) is 0 Å². The van der Waals surface area contributed by atoms with Crippen LogP contribution in [0.25, 0.3) is 0 Å². The van der Waals surface area contributed by atoms with Gasteiger partial charge in [-0.2, -0.15) is 8.42 Å². The predicted octanol–water partition coefficient (Wildman–Crippen LogP) is 2.74. The minimum atomic E-state index is -3.58. The molecule has 0 aliphatic heterocycles. The molecule has 3 aliphatic carbocycles. The zero-order valence-electron chi connectivity index (χ0n) is 11.0. The fourth-order valence-electron chi connectivity index (χ4n) is 4.16. The van der Waals surface area contributed by atoms with E-state index in [9.17, 15) is 8.42 Å². The highest BCUT2D eigenvalue weighted by Crippen LogP contribution is 2.67. The zero-order chi connectivity index (χ0) is 13.2. The van der Waals surface area contributed by atoms with Gasteiger partial charge in [0, 0.05) is 0 Å². The van der Waals surface area contributed by atoms with E-state index in [1.54, 1.807) is 12.1 Å². The van der Waals surface area contributed by atoms with Crippen LogP contribution in [0.3, 0.4) is 0 Å². The summed E-state index contributed by atoms with van der Waals surface area (Å²) in [6, 6.07) is 6.89. The lowest BCUT2D eigenvalue weighted by molar-refractivity contribution is -0.222. The van der Waals surface area contributed by atoms with Crippen LogP contribution in [0.4, 0.5) is 0 Å². The smallest absolute Gasteiger partial charge is 0.263 e. The Kier molecular flexibility index (Phi) is 2.40. The van der Waals surface area contributed by atoms with Gasteiger partial charge in [0.05, 0.1) is 11.0 Å². The molecule has 102 valence electrons. The van der Waals surface area contributed by atoms with Gasteiger partial charge in [0.2, 0.25) is 0 Å². The lowest BCUT2D eigenvalue weighted by Crippen LogP contribution is -2.66. The van der Waals surface area contributed by atoms with Crippen molar-refractivity contribution in [3.05, 3.63) is 29.8 Å². The van der Waals surface area contributed by atoms with Crippen LogP contribution in [0.1, 0.15) is 24.8 Å². The molecule has 3 nitrogen and oxygen atoms in total. The normalized spacial score (nSPS) is 39.3. The van der Waals surface area contributed by atoms with Gasteiger partial charge < -0.3 is 0 Å². The SMILES string of the molecule is Cc1ccc(S(=O)(=O)O[C@H]2C[C@@H]3[C@H]4CC[C@@H]4[C@@H]32)cc1. The fraction of sp³-hybridized carbons (Fsp3) is 0.600. The van der Waals surface area contributed by atoms with Crippen LogP contribution in [-0.2, 0) is 14.3 Å². The van der Waals surface area contributed by atoms with Crippen molar-refractivity contribution in [1.82, 2.24) is 0 Å². The van der Waals surface area contributed by atoms with Crippen molar-refractivity contribution in [2.24, 2.45) is 23.7 Å². The van der Waals surface area contributed by atoms with E-state index in [0.29, 0.717) is 5.92 Å². The van der Waals surface area contributed by atoms with Crippen molar-refractivity contribution >= 4 is 10.1 Å². The highest BCUT2D eigenvalue weighted by atomic mass is 32.2. The summed E-state index contributed by atoms with van der Waals surface area (Å²) < 4.78 is 29.9. The molecule has 1 aromatic carbocycles. The molecule has 0 heterocycles. The van der Waals surface area contributed by atoms with Crippen LogP contribution in [-0.4, -0.2) is 14.5 Å². The van der Waals surface area contributed by atoms with Crippen molar-refractivity contribution in [2.75, 3.05) is 0 Å². The van der Waals surface area contributed by atoms with E-state index in [2.05, 4.69) is 0 Å². The Balaban J connectivity index is 1.49. The zero-order valence-corrected chi connectivity index (χ0v) is 11.8. The molecule has 0 unspecified atom stereocenters. The molecule has 0 radical (unpaired) electrons. The number of rotatable bonds is 3. The molecule has 19 heavy (non-hydrogen) atoms. The Hall–Kier alpha value is -0.870. The first kappa shape index (κ1) is 11.9. The van der Waals surface area contributed by atoms with Crippen LogP contribution in [0.5, 0.6) is 0 Å². The second kappa shape index (κ2) is 3.83. The third-order valence-corrected chi connectivity index (χ3v) is 6.77. The number of fused-ring (bicyclic) bond motifs is 4. The average molecular weight is 278 g/mol. The van der Waals surface area contributed by atoms with Crippen molar-refractivity contribution in [2.45, 2.75) is 37.2 Å². The van der Waals surface area contributed by atoms with E-state index in [1.807, 2.05) is 19.1 Å². The Morgan fingerprint density at radius 2 is 1.74 bits per heavy atom. The van der Waals surface area contributed by atoms with Gasteiger partial charge in [0.15, 0.2) is 0 Å². The Morgan fingerprint density at radius 3 is 2.32 bits per heavy atom. The topological polar surface area (TPSA) is 43.4 Å². The predicted molar refractivity (Wildman–Crippen MR) is 71.0 cm³/mol. The maximum Gasteiger partial charge on any atom is 0.297 e. The molecule has 0 aromatic heterocycles. The summed E-state index contributed by atoms with van der Waals surface area (Å²) in [4.78, 5) is 0.283. The van der Waals surface area contributed by atoms with Gasteiger partial charge in [0.25, 0.3) is 10.1 Å². The molecule has 0 amide bonds. The van der Waals surface area contributed by atoms with Crippen molar-refractivity contribution < 1.29 is 12.6 Å². The fourth-order valence-corrected chi connectivity index (χ4v) is 5.27. The van der Waals surface area contributed by atoms with Gasteiger partial charge >= 0.3 is 0 Å². The van der Waals surface area contributed by atoms with Crippen molar-refractivity contribution in [3.8, 4) is 0 Å². The van der Waals surface area contributed by atoms with Gasteiger partial charge in [0.1, 0.15) is 0 Å². The molecular formula is C15H18O3S. The molecular weight excluding hydrogens is 260 g/mol. The summed E-state index contributed by atoms with van der Waals surface area (Å²) in [5.41, 5.74) is 1.05. The molecule has 5 atom stereocenters. The van der Waals surface area contributed by atoms with Gasteiger partial charge in [-0.3, -0.25) is 4.18 Å². The molecule has 0 bridgehead atoms. The monoisotopic (exact) mass is 278 g/mol. The summed E-state index contributed by atoms with van der Waals surface area (Å²) >= 11 is 0. The van der Waals surface area contributed by atoms with E-state index in [0.717, 1.165) is 29.7 Å². The number of benzene rings is 1. The molecule has 3 fully saturated rings. The summed E-state index contributed by atoms with van der Waals surface area (Å²) in [7, 11) is -3.58. The maximum atomic E-state index is 12.2. The molecule has 3 aliphatic rings.